The monoisotopic (exact) mass is 383 g/mol. The van der Waals surface area contributed by atoms with Gasteiger partial charge in [-0.25, -0.2) is 0 Å². The number of ether oxygens (including phenoxy) is 2. The summed E-state index contributed by atoms with van der Waals surface area (Å²) in [4.78, 5) is 34.6. The molecule has 0 saturated carbocycles. The Morgan fingerprint density at radius 2 is 1.68 bits per heavy atom. The van der Waals surface area contributed by atoms with Gasteiger partial charge in [-0.3, -0.25) is 14.4 Å². The van der Waals surface area contributed by atoms with E-state index in [4.69, 9.17) is 9.47 Å². The third kappa shape index (κ3) is 8.03. The molecule has 0 bridgehead atoms. The molecular weight excluding hydrogens is 358 g/mol. The lowest BCUT2D eigenvalue weighted by Crippen LogP contribution is -2.30. The summed E-state index contributed by atoms with van der Waals surface area (Å²) in [6, 6.07) is 16.6. The van der Waals surface area contributed by atoms with Crippen LogP contribution < -0.4 is 10.1 Å². The van der Waals surface area contributed by atoms with Crippen LogP contribution in [0.4, 0.5) is 0 Å². The summed E-state index contributed by atoms with van der Waals surface area (Å²) >= 11 is 0. The van der Waals surface area contributed by atoms with Gasteiger partial charge in [0.25, 0.3) is 5.91 Å². The highest BCUT2D eigenvalue weighted by atomic mass is 16.5. The fourth-order valence-electron chi connectivity index (χ4n) is 2.45. The van der Waals surface area contributed by atoms with Crippen molar-refractivity contribution in [1.29, 1.82) is 0 Å². The zero-order valence-corrected chi connectivity index (χ0v) is 16.0. The summed E-state index contributed by atoms with van der Waals surface area (Å²) in [5, 5.41) is 2.72. The van der Waals surface area contributed by atoms with Crippen molar-refractivity contribution in [3.63, 3.8) is 0 Å². The van der Waals surface area contributed by atoms with Gasteiger partial charge in [-0.2, -0.15) is 0 Å². The summed E-state index contributed by atoms with van der Waals surface area (Å²) in [6.45, 7) is 2.07. The molecule has 28 heavy (non-hydrogen) atoms. The molecule has 2 aromatic carbocycles. The molecule has 2 rings (SSSR count). The molecular formula is C22H25NO5. The van der Waals surface area contributed by atoms with Gasteiger partial charge in [0, 0.05) is 18.5 Å². The number of rotatable bonds is 11. The maximum Gasteiger partial charge on any atom is 0.306 e. The summed E-state index contributed by atoms with van der Waals surface area (Å²) in [7, 11) is 0. The van der Waals surface area contributed by atoms with Gasteiger partial charge in [0.1, 0.15) is 5.75 Å². The summed E-state index contributed by atoms with van der Waals surface area (Å²) in [6.07, 6.45) is 1.37. The van der Waals surface area contributed by atoms with E-state index in [1.807, 2.05) is 30.3 Å². The van der Waals surface area contributed by atoms with Crippen LogP contribution in [0.1, 0.15) is 35.7 Å². The molecule has 0 saturated heterocycles. The molecule has 0 radical (unpaired) electrons. The van der Waals surface area contributed by atoms with Crippen molar-refractivity contribution in [3.05, 3.63) is 65.7 Å². The molecule has 2 aromatic rings. The molecule has 0 aromatic heterocycles. The molecule has 6 heteroatoms. The molecule has 0 atom stereocenters. The van der Waals surface area contributed by atoms with E-state index in [0.29, 0.717) is 30.9 Å². The van der Waals surface area contributed by atoms with Gasteiger partial charge >= 0.3 is 5.97 Å². The first-order chi connectivity index (χ1) is 13.5. The zero-order chi connectivity index (χ0) is 20.2. The number of hydrogen-bond acceptors (Lipinski definition) is 5. The molecule has 1 N–H and O–H groups in total. The molecule has 0 spiro atoms. The molecule has 0 unspecified atom stereocenters. The second kappa shape index (κ2) is 11.5. The molecule has 0 fully saturated rings. The Labute approximate surface area is 164 Å². The Morgan fingerprint density at radius 3 is 2.36 bits per heavy atom. The van der Waals surface area contributed by atoms with Crippen LogP contribution in [-0.2, 0) is 20.7 Å². The first-order valence-electron chi connectivity index (χ1n) is 9.24. The van der Waals surface area contributed by atoms with Crippen molar-refractivity contribution in [2.75, 3.05) is 19.8 Å². The number of benzene rings is 2. The number of ketones is 1. The Hall–Kier alpha value is -3.15. The van der Waals surface area contributed by atoms with E-state index in [1.54, 1.807) is 24.3 Å². The zero-order valence-electron chi connectivity index (χ0n) is 16.0. The summed E-state index contributed by atoms with van der Waals surface area (Å²) in [5.41, 5.74) is 1.76. The predicted molar refractivity (Wildman–Crippen MR) is 105 cm³/mol. The lowest BCUT2D eigenvalue weighted by atomic mass is 10.1. The SMILES string of the molecule is CC(=O)c1ccc(OCCCC(=O)OCC(=O)NCCc2ccccc2)cc1. The largest absolute Gasteiger partial charge is 0.494 e. The minimum Gasteiger partial charge on any atom is -0.494 e. The van der Waals surface area contributed by atoms with Crippen molar-refractivity contribution in [2.24, 2.45) is 0 Å². The summed E-state index contributed by atoms with van der Waals surface area (Å²) < 4.78 is 10.5. The molecule has 0 heterocycles. The van der Waals surface area contributed by atoms with Crippen molar-refractivity contribution in [1.82, 2.24) is 5.32 Å². The van der Waals surface area contributed by atoms with Crippen LogP contribution in [-0.4, -0.2) is 37.4 Å². The van der Waals surface area contributed by atoms with Crippen LogP contribution in [0, 0.1) is 0 Å². The van der Waals surface area contributed by atoms with E-state index in [0.717, 1.165) is 12.0 Å². The van der Waals surface area contributed by atoms with Gasteiger partial charge in [-0.05, 0) is 49.6 Å². The maximum atomic E-state index is 11.7. The van der Waals surface area contributed by atoms with Gasteiger partial charge in [-0.15, -0.1) is 0 Å². The number of esters is 1. The van der Waals surface area contributed by atoms with E-state index >= 15 is 0 Å². The first-order valence-corrected chi connectivity index (χ1v) is 9.24. The number of carbonyl (C=O) groups is 3. The van der Waals surface area contributed by atoms with Crippen LogP contribution in [0.25, 0.3) is 0 Å². The molecule has 0 aliphatic rings. The Kier molecular flexibility index (Phi) is 8.72. The number of Topliss-reactive ketones (excluding diaryl/α,β-unsaturated/α-hetero) is 1. The van der Waals surface area contributed by atoms with Crippen LogP contribution in [0.3, 0.4) is 0 Å². The fourth-order valence-corrected chi connectivity index (χ4v) is 2.45. The molecule has 0 aliphatic heterocycles. The molecule has 0 aliphatic carbocycles. The Balaban J connectivity index is 1.53. The van der Waals surface area contributed by atoms with E-state index in [1.165, 1.54) is 6.92 Å². The van der Waals surface area contributed by atoms with Crippen LogP contribution in [0.15, 0.2) is 54.6 Å². The highest BCUT2D eigenvalue weighted by Gasteiger charge is 2.07. The Morgan fingerprint density at radius 1 is 0.964 bits per heavy atom. The number of nitrogens with one attached hydrogen (secondary N) is 1. The second-order valence-electron chi connectivity index (χ2n) is 6.28. The summed E-state index contributed by atoms with van der Waals surface area (Å²) in [5.74, 6) is -0.116. The van der Waals surface area contributed by atoms with E-state index in [2.05, 4.69) is 5.32 Å². The standard InChI is InChI=1S/C22H25NO5/c1-17(24)19-9-11-20(12-10-19)27-15-5-8-22(26)28-16-21(25)23-14-13-18-6-3-2-4-7-18/h2-4,6-7,9-12H,5,8,13-16H2,1H3,(H,23,25). The normalized spacial score (nSPS) is 10.2. The lowest BCUT2D eigenvalue weighted by Gasteiger charge is -2.08. The van der Waals surface area contributed by atoms with Gasteiger partial charge in [0.05, 0.1) is 6.61 Å². The number of carbonyl (C=O) groups excluding carboxylic acids is 3. The topological polar surface area (TPSA) is 81.7 Å². The smallest absolute Gasteiger partial charge is 0.306 e. The average Bonchev–Trinajstić information content (AvgIpc) is 2.71. The van der Waals surface area contributed by atoms with Crippen LogP contribution in [0.2, 0.25) is 0 Å². The quantitative estimate of drug-likeness (QED) is 0.367. The second-order valence-corrected chi connectivity index (χ2v) is 6.28. The van der Waals surface area contributed by atoms with Crippen molar-refractivity contribution in [2.45, 2.75) is 26.2 Å². The number of amides is 1. The van der Waals surface area contributed by atoms with Gasteiger partial charge in [0.15, 0.2) is 12.4 Å². The lowest BCUT2D eigenvalue weighted by molar-refractivity contribution is -0.148. The van der Waals surface area contributed by atoms with Crippen molar-refractivity contribution >= 4 is 17.7 Å². The maximum absolute atomic E-state index is 11.7. The first kappa shape index (κ1) is 21.2. The minimum absolute atomic E-state index is 0.00148. The third-order valence-corrected chi connectivity index (χ3v) is 4.00. The minimum atomic E-state index is -0.436. The molecule has 148 valence electrons. The predicted octanol–water partition coefficient (Wildman–Crippen LogP) is 2.95. The third-order valence-electron chi connectivity index (χ3n) is 4.00. The van der Waals surface area contributed by atoms with E-state index in [9.17, 15) is 14.4 Å². The van der Waals surface area contributed by atoms with Gasteiger partial charge in [0.2, 0.25) is 0 Å². The molecule has 6 nitrogen and oxygen atoms in total. The Bertz CT molecular complexity index is 771. The van der Waals surface area contributed by atoms with Crippen LogP contribution >= 0.6 is 0 Å². The average molecular weight is 383 g/mol. The highest BCUT2D eigenvalue weighted by molar-refractivity contribution is 5.94. The van der Waals surface area contributed by atoms with E-state index in [-0.39, 0.29) is 24.7 Å². The van der Waals surface area contributed by atoms with Crippen LogP contribution in [0.5, 0.6) is 5.75 Å². The number of hydrogen-bond donors (Lipinski definition) is 1. The van der Waals surface area contributed by atoms with Gasteiger partial charge < -0.3 is 14.8 Å². The van der Waals surface area contributed by atoms with Gasteiger partial charge in [-0.1, -0.05) is 30.3 Å². The van der Waals surface area contributed by atoms with E-state index < -0.39 is 5.97 Å². The van der Waals surface area contributed by atoms with Crippen molar-refractivity contribution in [3.8, 4) is 5.75 Å². The fraction of sp³-hybridized carbons (Fsp3) is 0.318. The molecule has 1 amide bonds. The van der Waals surface area contributed by atoms with Crippen molar-refractivity contribution < 1.29 is 23.9 Å². The highest BCUT2D eigenvalue weighted by Crippen LogP contribution is 2.13.